The van der Waals surface area contributed by atoms with E-state index < -0.39 is 0 Å². The van der Waals surface area contributed by atoms with E-state index in [1.807, 2.05) is 24.3 Å². The van der Waals surface area contributed by atoms with Crippen LogP contribution in [0.25, 0.3) is 0 Å². The van der Waals surface area contributed by atoms with Crippen molar-refractivity contribution in [2.75, 3.05) is 25.6 Å². The molecule has 1 aliphatic rings. The molecule has 0 spiro atoms. The molecule has 2 rings (SSSR count). The van der Waals surface area contributed by atoms with Crippen LogP contribution in [0, 0.1) is 0 Å². The second-order valence-corrected chi connectivity index (χ2v) is 6.26. The summed E-state index contributed by atoms with van der Waals surface area (Å²) in [4.78, 5) is 2.48. The molecular weight excluding hydrogens is 326 g/mol. The summed E-state index contributed by atoms with van der Waals surface area (Å²) in [6.45, 7) is 2.67. The molecular formula is C15H21BrClNO. The minimum Gasteiger partial charge on any atom is -0.492 e. The Bertz CT molecular complexity index is 365. The van der Waals surface area contributed by atoms with Crippen LogP contribution in [0.2, 0.25) is 0 Å². The molecule has 0 aliphatic heterocycles. The van der Waals surface area contributed by atoms with Crippen molar-refractivity contribution < 1.29 is 4.74 Å². The predicted molar refractivity (Wildman–Crippen MR) is 84.2 cm³/mol. The molecule has 1 aromatic rings. The van der Waals surface area contributed by atoms with Crippen LogP contribution in [0.5, 0.6) is 5.75 Å². The average Bonchev–Trinajstić information content (AvgIpc) is 2.94. The molecule has 0 saturated heterocycles. The molecule has 19 heavy (non-hydrogen) atoms. The Morgan fingerprint density at radius 2 is 1.84 bits per heavy atom. The first kappa shape index (κ1) is 15.1. The number of hydrogen-bond donors (Lipinski definition) is 0. The number of ether oxygens (including phenoxy) is 1. The monoisotopic (exact) mass is 345 g/mol. The van der Waals surface area contributed by atoms with Gasteiger partial charge in [-0.2, -0.15) is 0 Å². The van der Waals surface area contributed by atoms with Crippen molar-refractivity contribution in [1.82, 2.24) is 4.90 Å². The number of hydrogen-bond acceptors (Lipinski definition) is 2. The number of alkyl halides is 1. The van der Waals surface area contributed by atoms with E-state index in [1.165, 1.54) is 25.7 Å². The second kappa shape index (κ2) is 8.13. The van der Waals surface area contributed by atoms with Gasteiger partial charge in [-0.05, 0) is 37.1 Å². The molecule has 0 unspecified atom stereocenters. The summed E-state index contributed by atoms with van der Waals surface area (Å²) in [6, 6.07) is 8.70. The Balaban J connectivity index is 1.76. The molecule has 2 nitrogen and oxygen atoms in total. The highest BCUT2D eigenvalue weighted by Crippen LogP contribution is 2.23. The minimum atomic E-state index is 0.703. The zero-order valence-corrected chi connectivity index (χ0v) is 13.5. The van der Waals surface area contributed by atoms with E-state index in [2.05, 4.69) is 20.8 Å². The van der Waals surface area contributed by atoms with Gasteiger partial charge in [0.25, 0.3) is 0 Å². The quantitative estimate of drug-likeness (QED) is 0.682. The molecule has 1 fully saturated rings. The summed E-state index contributed by atoms with van der Waals surface area (Å²) in [5, 5.41) is 0. The van der Waals surface area contributed by atoms with Gasteiger partial charge < -0.3 is 4.74 Å². The SMILES string of the molecule is ClCCN(CCOc1ccc(Br)cc1)C1CCCC1. The largest absolute Gasteiger partial charge is 0.492 e. The molecule has 0 aromatic heterocycles. The Hall–Kier alpha value is -0.250. The molecule has 0 atom stereocenters. The van der Waals surface area contributed by atoms with Gasteiger partial charge in [0, 0.05) is 29.5 Å². The summed E-state index contributed by atoms with van der Waals surface area (Å²) in [7, 11) is 0. The zero-order chi connectivity index (χ0) is 13.5. The molecule has 1 aromatic carbocycles. The third-order valence-electron chi connectivity index (χ3n) is 3.67. The summed E-state index contributed by atoms with van der Waals surface area (Å²) >= 11 is 9.32. The van der Waals surface area contributed by atoms with Crippen molar-refractivity contribution in [1.29, 1.82) is 0 Å². The highest BCUT2D eigenvalue weighted by atomic mass is 79.9. The molecule has 1 aliphatic carbocycles. The Morgan fingerprint density at radius 3 is 2.47 bits per heavy atom. The molecule has 0 amide bonds. The lowest BCUT2D eigenvalue weighted by atomic mass is 10.2. The van der Waals surface area contributed by atoms with E-state index in [4.69, 9.17) is 16.3 Å². The molecule has 0 N–H and O–H groups in total. The standard InChI is InChI=1S/C15H21BrClNO/c16-13-5-7-15(8-6-13)19-12-11-18(10-9-17)14-3-1-2-4-14/h5-8,14H,1-4,9-12H2. The lowest BCUT2D eigenvalue weighted by molar-refractivity contribution is 0.168. The number of benzene rings is 1. The fourth-order valence-corrected chi connectivity index (χ4v) is 3.15. The van der Waals surface area contributed by atoms with Gasteiger partial charge in [-0.3, -0.25) is 4.90 Å². The van der Waals surface area contributed by atoms with Crippen LogP contribution in [-0.4, -0.2) is 36.5 Å². The number of halogens is 2. The van der Waals surface area contributed by atoms with Crippen LogP contribution in [0.15, 0.2) is 28.7 Å². The lowest BCUT2D eigenvalue weighted by Gasteiger charge is -2.27. The first-order valence-corrected chi connectivity index (χ1v) is 8.31. The average molecular weight is 347 g/mol. The van der Waals surface area contributed by atoms with Crippen LogP contribution in [-0.2, 0) is 0 Å². The summed E-state index contributed by atoms with van der Waals surface area (Å²) in [5.74, 6) is 1.63. The maximum absolute atomic E-state index is 5.90. The molecule has 106 valence electrons. The fourth-order valence-electron chi connectivity index (χ4n) is 2.67. The van der Waals surface area contributed by atoms with E-state index in [1.54, 1.807) is 0 Å². The lowest BCUT2D eigenvalue weighted by Crippen LogP contribution is -2.37. The van der Waals surface area contributed by atoms with Gasteiger partial charge in [0.1, 0.15) is 12.4 Å². The summed E-state index contributed by atoms with van der Waals surface area (Å²) < 4.78 is 6.87. The molecule has 0 radical (unpaired) electrons. The summed E-state index contributed by atoms with van der Waals surface area (Å²) in [5.41, 5.74) is 0. The van der Waals surface area contributed by atoms with E-state index in [0.29, 0.717) is 11.9 Å². The summed E-state index contributed by atoms with van der Waals surface area (Å²) in [6.07, 6.45) is 5.35. The Kier molecular flexibility index (Phi) is 6.48. The maximum Gasteiger partial charge on any atom is 0.119 e. The Labute approximate surface area is 129 Å². The zero-order valence-electron chi connectivity index (χ0n) is 11.2. The van der Waals surface area contributed by atoms with Crippen LogP contribution in [0.4, 0.5) is 0 Å². The van der Waals surface area contributed by atoms with E-state index in [9.17, 15) is 0 Å². The Morgan fingerprint density at radius 1 is 1.16 bits per heavy atom. The van der Waals surface area contributed by atoms with Gasteiger partial charge >= 0.3 is 0 Å². The van der Waals surface area contributed by atoms with Crippen molar-refractivity contribution in [3.63, 3.8) is 0 Å². The van der Waals surface area contributed by atoms with Gasteiger partial charge in [-0.25, -0.2) is 0 Å². The van der Waals surface area contributed by atoms with Crippen molar-refractivity contribution in [2.24, 2.45) is 0 Å². The topological polar surface area (TPSA) is 12.5 Å². The second-order valence-electron chi connectivity index (χ2n) is 4.97. The predicted octanol–water partition coefficient (Wildman–Crippen LogP) is 4.31. The van der Waals surface area contributed by atoms with Crippen molar-refractivity contribution in [3.05, 3.63) is 28.7 Å². The van der Waals surface area contributed by atoms with E-state index >= 15 is 0 Å². The van der Waals surface area contributed by atoms with E-state index in [0.717, 1.165) is 29.9 Å². The number of rotatable bonds is 7. The van der Waals surface area contributed by atoms with Crippen molar-refractivity contribution >= 4 is 27.5 Å². The molecule has 0 bridgehead atoms. The van der Waals surface area contributed by atoms with Gasteiger partial charge in [0.05, 0.1) is 0 Å². The highest BCUT2D eigenvalue weighted by molar-refractivity contribution is 9.10. The van der Waals surface area contributed by atoms with Crippen LogP contribution < -0.4 is 4.74 Å². The van der Waals surface area contributed by atoms with Gasteiger partial charge in [0.2, 0.25) is 0 Å². The minimum absolute atomic E-state index is 0.703. The molecule has 4 heteroatoms. The van der Waals surface area contributed by atoms with E-state index in [-0.39, 0.29) is 0 Å². The number of nitrogens with zero attached hydrogens (tertiary/aromatic N) is 1. The van der Waals surface area contributed by atoms with Gasteiger partial charge in [-0.15, -0.1) is 11.6 Å². The maximum atomic E-state index is 5.90. The first-order valence-electron chi connectivity index (χ1n) is 6.98. The molecule has 1 saturated carbocycles. The van der Waals surface area contributed by atoms with Crippen molar-refractivity contribution in [3.8, 4) is 5.75 Å². The fraction of sp³-hybridized carbons (Fsp3) is 0.600. The normalized spacial score (nSPS) is 16.2. The highest BCUT2D eigenvalue weighted by Gasteiger charge is 2.21. The van der Waals surface area contributed by atoms with Gasteiger partial charge in [0.15, 0.2) is 0 Å². The third-order valence-corrected chi connectivity index (χ3v) is 4.37. The van der Waals surface area contributed by atoms with Crippen LogP contribution in [0.3, 0.4) is 0 Å². The molecule has 0 heterocycles. The van der Waals surface area contributed by atoms with Gasteiger partial charge in [-0.1, -0.05) is 28.8 Å². The third kappa shape index (κ3) is 4.97. The van der Waals surface area contributed by atoms with Crippen LogP contribution in [0.1, 0.15) is 25.7 Å². The first-order chi connectivity index (χ1) is 9.29. The smallest absolute Gasteiger partial charge is 0.119 e. The van der Waals surface area contributed by atoms with Crippen LogP contribution >= 0.6 is 27.5 Å². The van der Waals surface area contributed by atoms with Crippen molar-refractivity contribution in [2.45, 2.75) is 31.7 Å².